The van der Waals surface area contributed by atoms with Crippen LogP contribution in [0.5, 0.6) is 0 Å². The van der Waals surface area contributed by atoms with Gasteiger partial charge in [0, 0.05) is 0 Å². The first kappa shape index (κ1) is 30.0. The van der Waals surface area contributed by atoms with Crippen LogP contribution < -0.4 is 37.2 Å². The fraction of sp³-hybridized carbons (Fsp3) is 0.353. The fourth-order valence-electron chi connectivity index (χ4n) is 1.90. The molecule has 0 N–H and O–H groups in total. The standard InChI is InChI=1S/C12H18N.C5H5.3ClH.Ti/c1-4-13(5-2)11(3)12-9-7-6-8-10-12;1-2-4-5-3-1;;;;/h6-10H,4-5H2,1-3H3;1-3H,4H2;3*1H;/q2*-1;;;;+3/p-3. The first-order chi connectivity index (χ1) is 8.79. The molecule has 0 saturated heterocycles. The Hall–Kier alpha value is 0.114. The van der Waals surface area contributed by atoms with Crippen LogP contribution in [0.15, 0.2) is 48.6 Å². The SMILES string of the molecule is CCN(CC)[C-](C)c1ccccc1.[C-]1=CC=CC1.[Cl-].[Cl-].[Cl-].[Ti+3]. The third kappa shape index (κ3) is 11.7. The van der Waals surface area contributed by atoms with Gasteiger partial charge in [-0.05, 0) is 13.1 Å². The maximum atomic E-state index is 2.99. The second-order valence-electron chi connectivity index (χ2n) is 4.13. The van der Waals surface area contributed by atoms with Crippen molar-refractivity contribution in [3.63, 3.8) is 0 Å². The summed E-state index contributed by atoms with van der Waals surface area (Å²) in [6, 6.07) is 11.9. The van der Waals surface area contributed by atoms with E-state index in [-0.39, 0.29) is 58.9 Å². The van der Waals surface area contributed by atoms with Crippen LogP contribution >= 0.6 is 0 Å². The topological polar surface area (TPSA) is 3.24 Å². The monoisotopic (exact) mass is 394 g/mol. The predicted molar refractivity (Wildman–Crippen MR) is 79.0 cm³/mol. The van der Waals surface area contributed by atoms with Crippen LogP contribution in [0.2, 0.25) is 0 Å². The van der Waals surface area contributed by atoms with E-state index in [1.54, 1.807) is 0 Å². The van der Waals surface area contributed by atoms with Crippen LogP contribution in [-0.2, 0) is 21.7 Å². The largest absolute Gasteiger partial charge is 3.00 e. The molecule has 1 radical (unpaired) electrons. The van der Waals surface area contributed by atoms with Crippen LogP contribution in [0.1, 0.15) is 32.8 Å². The Morgan fingerprint density at radius 2 is 1.59 bits per heavy atom. The minimum Gasteiger partial charge on any atom is -1.00 e. The zero-order valence-electron chi connectivity index (χ0n) is 13.3. The third-order valence-corrected chi connectivity index (χ3v) is 3.02. The van der Waals surface area contributed by atoms with Gasteiger partial charge in [-0.25, -0.2) is 12.2 Å². The molecule has 0 spiro atoms. The molecule has 22 heavy (non-hydrogen) atoms. The van der Waals surface area contributed by atoms with Crippen molar-refractivity contribution in [3.05, 3.63) is 66.2 Å². The van der Waals surface area contributed by atoms with E-state index in [4.69, 9.17) is 0 Å². The van der Waals surface area contributed by atoms with E-state index in [0.717, 1.165) is 19.5 Å². The molecule has 0 amide bonds. The molecule has 2 rings (SSSR count). The molecular formula is C17H23Cl3NTi-2. The van der Waals surface area contributed by atoms with Crippen molar-refractivity contribution >= 4 is 0 Å². The summed E-state index contributed by atoms with van der Waals surface area (Å²) >= 11 is 0. The Morgan fingerprint density at radius 3 is 1.91 bits per heavy atom. The van der Waals surface area contributed by atoms with Gasteiger partial charge in [0.1, 0.15) is 0 Å². The molecule has 0 unspecified atom stereocenters. The van der Waals surface area contributed by atoms with E-state index in [1.165, 1.54) is 11.6 Å². The summed E-state index contributed by atoms with van der Waals surface area (Å²) in [7, 11) is 0. The van der Waals surface area contributed by atoms with Gasteiger partial charge in [0.15, 0.2) is 0 Å². The molecule has 0 bridgehead atoms. The maximum absolute atomic E-state index is 2.99. The van der Waals surface area contributed by atoms with Gasteiger partial charge >= 0.3 is 21.7 Å². The van der Waals surface area contributed by atoms with Crippen LogP contribution in [0.4, 0.5) is 0 Å². The number of halogens is 3. The summed E-state index contributed by atoms with van der Waals surface area (Å²) in [5, 5.41) is 0. The molecule has 1 nitrogen and oxygen atoms in total. The van der Waals surface area contributed by atoms with E-state index in [1.807, 2.05) is 12.2 Å². The molecule has 0 saturated carbocycles. The number of nitrogens with zero attached hydrogens (tertiary/aromatic N) is 1. The molecule has 0 aliphatic heterocycles. The van der Waals surface area contributed by atoms with E-state index >= 15 is 0 Å². The predicted octanol–water partition coefficient (Wildman–Crippen LogP) is -4.76. The number of rotatable bonds is 4. The molecule has 123 valence electrons. The van der Waals surface area contributed by atoms with Gasteiger partial charge < -0.3 is 42.1 Å². The quantitative estimate of drug-likeness (QED) is 0.366. The van der Waals surface area contributed by atoms with Crippen LogP contribution in [0, 0.1) is 12.1 Å². The first-order valence-corrected chi connectivity index (χ1v) is 6.65. The van der Waals surface area contributed by atoms with E-state index in [2.05, 4.69) is 68.2 Å². The van der Waals surface area contributed by atoms with Crippen LogP contribution in [-0.4, -0.2) is 18.0 Å². The Morgan fingerprint density at radius 1 is 1.05 bits per heavy atom. The molecule has 5 heteroatoms. The number of hydrogen-bond donors (Lipinski definition) is 0. The minimum atomic E-state index is 0. The zero-order valence-corrected chi connectivity index (χ0v) is 17.2. The summed E-state index contributed by atoms with van der Waals surface area (Å²) in [6.07, 6.45) is 10.0. The average Bonchev–Trinajstić information content (AvgIpc) is 3.00. The smallest absolute Gasteiger partial charge is 1.00 e. The van der Waals surface area contributed by atoms with Crippen LogP contribution in [0.3, 0.4) is 0 Å². The number of allylic oxidation sites excluding steroid dienone is 4. The van der Waals surface area contributed by atoms with Crippen molar-refractivity contribution in [1.82, 2.24) is 4.90 Å². The summed E-state index contributed by atoms with van der Waals surface area (Å²) in [5.74, 6) is 0. The molecular weight excluding hydrogens is 372 g/mol. The molecule has 1 aliphatic rings. The van der Waals surface area contributed by atoms with E-state index < -0.39 is 0 Å². The number of benzene rings is 1. The summed E-state index contributed by atoms with van der Waals surface area (Å²) in [5.41, 5.74) is 1.33. The second kappa shape index (κ2) is 19.2. The maximum Gasteiger partial charge on any atom is 3.00 e. The van der Waals surface area contributed by atoms with Gasteiger partial charge in [-0.15, -0.1) is 24.6 Å². The first-order valence-electron chi connectivity index (χ1n) is 6.65. The van der Waals surface area contributed by atoms with Crippen molar-refractivity contribution in [1.29, 1.82) is 0 Å². The molecule has 0 aromatic heterocycles. The second-order valence-corrected chi connectivity index (χ2v) is 4.13. The Labute approximate surface area is 169 Å². The summed E-state index contributed by atoms with van der Waals surface area (Å²) in [4.78, 5) is 2.37. The Kier molecular flexibility index (Phi) is 26.2. The van der Waals surface area contributed by atoms with Gasteiger partial charge in [-0.2, -0.15) is 23.8 Å². The molecule has 0 heterocycles. The van der Waals surface area contributed by atoms with Gasteiger partial charge in [-0.1, -0.05) is 26.8 Å². The van der Waals surface area contributed by atoms with Gasteiger partial charge in [0.25, 0.3) is 0 Å². The zero-order chi connectivity index (χ0) is 13.2. The minimum absolute atomic E-state index is 0. The summed E-state index contributed by atoms with van der Waals surface area (Å²) < 4.78 is 0. The molecule has 0 atom stereocenters. The van der Waals surface area contributed by atoms with Crippen molar-refractivity contribution in [2.75, 3.05) is 13.1 Å². The van der Waals surface area contributed by atoms with Gasteiger partial charge in [0.2, 0.25) is 0 Å². The number of hydrogen-bond acceptors (Lipinski definition) is 1. The Balaban J connectivity index is -0.000000156. The fourth-order valence-corrected chi connectivity index (χ4v) is 1.90. The van der Waals surface area contributed by atoms with E-state index in [0.29, 0.717) is 0 Å². The van der Waals surface area contributed by atoms with Crippen molar-refractivity contribution in [2.45, 2.75) is 27.2 Å². The van der Waals surface area contributed by atoms with Crippen molar-refractivity contribution in [2.24, 2.45) is 0 Å². The third-order valence-electron chi connectivity index (χ3n) is 3.02. The molecule has 1 aliphatic carbocycles. The molecule has 1 aromatic rings. The van der Waals surface area contributed by atoms with Crippen LogP contribution in [0.25, 0.3) is 0 Å². The molecule has 0 fully saturated rings. The summed E-state index contributed by atoms with van der Waals surface area (Å²) in [6.45, 7) is 8.72. The normalized spacial score (nSPS) is 10.2. The molecule has 1 aromatic carbocycles. The van der Waals surface area contributed by atoms with Crippen molar-refractivity contribution < 1.29 is 58.9 Å². The van der Waals surface area contributed by atoms with Gasteiger partial charge in [0.05, 0.1) is 0 Å². The average molecular weight is 396 g/mol. The van der Waals surface area contributed by atoms with Crippen molar-refractivity contribution in [3.8, 4) is 0 Å². The van der Waals surface area contributed by atoms with E-state index in [9.17, 15) is 0 Å². The van der Waals surface area contributed by atoms with Gasteiger partial charge in [-0.3, -0.25) is 6.08 Å². The Bertz CT molecular complexity index is 369.